The summed E-state index contributed by atoms with van der Waals surface area (Å²) in [5.74, 6) is 0.297. The molecule has 1 amide bonds. The molecule has 0 spiro atoms. The minimum atomic E-state index is -0.301. The largest absolute Gasteiger partial charge is 0.462 e. The summed E-state index contributed by atoms with van der Waals surface area (Å²) in [6.07, 6.45) is 7.77. The average Bonchev–Trinajstić information content (AvgIpc) is 2.76. The number of nitrogens with one attached hydrogen (secondary N) is 1. The van der Waals surface area contributed by atoms with E-state index in [0.29, 0.717) is 29.6 Å². The molecule has 1 atom stereocenters. The van der Waals surface area contributed by atoms with Gasteiger partial charge in [-0.1, -0.05) is 19.8 Å². The van der Waals surface area contributed by atoms with Gasteiger partial charge in [0.1, 0.15) is 5.00 Å². The van der Waals surface area contributed by atoms with Crippen LogP contribution in [0.5, 0.6) is 0 Å². The fraction of sp³-hybridized carbons (Fsp3) is 0.700. The third-order valence-corrected chi connectivity index (χ3v) is 6.48. The topological polar surface area (TPSA) is 58.6 Å². The van der Waals surface area contributed by atoms with Crippen LogP contribution >= 0.6 is 11.3 Å². The van der Waals surface area contributed by atoms with Gasteiger partial charge in [0.2, 0.25) is 5.91 Å². The molecule has 1 aliphatic carbocycles. The van der Waals surface area contributed by atoms with Gasteiger partial charge in [-0.2, -0.15) is 0 Å². The van der Waals surface area contributed by atoms with Crippen LogP contribution in [0.25, 0.3) is 0 Å². The Bertz CT molecular complexity index is 648. The maximum atomic E-state index is 12.6. The fourth-order valence-electron chi connectivity index (χ4n) is 3.92. The van der Waals surface area contributed by atoms with Gasteiger partial charge in [-0.15, -0.1) is 11.3 Å². The maximum Gasteiger partial charge on any atom is 0.341 e. The van der Waals surface area contributed by atoms with Gasteiger partial charge >= 0.3 is 5.97 Å². The molecule has 0 saturated carbocycles. The molecule has 0 bridgehead atoms. The van der Waals surface area contributed by atoms with Crippen molar-refractivity contribution < 1.29 is 14.3 Å². The summed E-state index contributed by atoms with van der Waals surface area (Å²) in [4.78, 5) is 28.6. The SMILES string of the molecule is CCOC(=O)c1c(NC(=O)CN2CCCCCC2)sc2c1CCC(C)C2. The molecule has 0 radical (unpaired) electrons. The Labute approximate surface area is 160 Å². The highest BCUT2D eigenvalue weighted by atomic mass is 32.1. The molecule has 1 N–H and O–H groups in total. The summed E-state index contributed by atoms with van der Waals surface area (Å²) in [5.41, 5.74) is 1.69. The first-order valence-electron chi connectivity index (χ1n) is 9.92. The van der Waals surface area contributed by atoms with Crippen LogP contribution in [0.3, 0.4) is 0 Å². The summed E-state index contributed by atoms with van der Waals surface area (Å²) in [6, 6.07) is 0. The Morgan fingerprint density at radius 1 is 1.23 bits per heavy atom. The van der Waals surface area contributed by atoms with Gasteiger partial charge in [0.15, 0.2) is 0 Å². The molecule has 1 fully saturated rings. The van der Waals surface area contributed by atoms with Crippen LogP contribution in [0.2, 0.25) is 0 Å². The molecule has 6 heteroatoms. The summed E-state index contributed by atoms with van der Waals surface area (Å²) < 4.78 is 5.27. The quantitative estimate of drug-likeness (QED) is 0.791. The molecule has 3 rings (SSSR count). The van der Waals surface area contributed by atoms with Crippen molar-refractivity contribution in [3.63, 3.8) is 0 Å². The van der Waals surface area contributed by atoms with Gasteiger partial charge < -0.3 is 10.1 Å². The second kappa shape index (κ2) is 9.00. The van der Waals surface area contributed by atoms with Crippen molar-refractivity contribution in [1.29, 1.82) is 0 Å². The Kier molecular flexibility index (Phi) is 6.70. The lowest BCUT2D eigenvalue weighted by atomic mass is 9.88. The first kappa shape index (κ1) is 19.4. The minimum absolute atomic E-state index is 0.0240. The second-order valence-corrected chi connectivity index (χ2v) is 8.62. The molecular formula is C20H30N2O3S. The second-order valence-electron chi connectivity index (χ2n) is 7.51. The van der Waals surface area contributed by atoms with Crippen LogP contribution in [-0.2, 0) is 22.4 Å². The van der Waals surface area contributed by atoms with Gasteiger partial charge in [-0.3, -0.25) is 9.69 Å². The van der Waals surface area contributed by atoms with Crippen molar-refractivity contribution >= 4 is 28.2 Å². The predicted molar refractivity (Wildman–Crippen MR) is 105 cm³/mol. The highest BCUT2D eigenvalue weighted by Crippen LogP contribution is 2.40. The maximum absolute atomic E-state index is 12.6. The smallest absolute Gasteiger partial charge is 0.341 e. The first-order valence-corrected chi connectivity index (χ1v) is 10.7. The number of nitrogens with zero attached hydrogens (tertiary/aromatic N) is 1. The molecule has 2 heterocycles. The van der Waals surface area contributed by atoms with E-state index in [2.05, 4.69) is 17.1 Å². The van der Waals surface area contributed by atoms with Crippen molar-refractivity contribution in [3.05, 3.63) is 16.0 Å². The zero-order valence-electron chi connectivity index (χ0n) is 15.9. The van der Waals surface area contributed by atoms with Crippen LogP contribution in [0.15, 0.2) is 0 Å². The molecule has 1 saturated heterocycles. The van der Waals surface area contributed by atoms with Gasteiger partial charge in [-0.05, 0) is 63.6 Å². The van der Waals surface area contributed by atoms with Crippen LogP contribution in [0, 0.1) is 5.92 Å². The van der Waals surface area contributed by atoms with E-state index < -0.39 is 0 Å². The Morgan fingerprint density at radius 2 is 1.96 bits per heavy atom. The van der Waals surface area contributed by atoms with Crippen LogP contribution < -0.4 is 5.32 Å². The van der Waals surface area contributed by atoms with E-state index in [1.807, 2.05) is 6.92 Å². The zero-order chi connectivity index (χ0) is 18.5. The molecular weight excluding hydrogens is 348 g/mol. The molecule has 2 aliphatic rings. The number of carbonyl (C=O) groups excluding carboxylic acids is 2. The number of hydrogen-bond acceptors (Lipinski definition) is 5. The van der Waals surface area contributed by atoms with E-state index in [9.17, 15) is 9.59 Å². The number of thiophene rings is 1. The summed E-state index contributed by atoms with van der Waals surface area (Å²) in [6.45, 7) is 6.77. The molecule has 5 nitrogen and oxygen atoms in total. The number of likely N-dealkylation sites (tertiary alicyclic amines) is 1. The van der Waals surface area contributed by atoms with Crippen LogP contribution in [0.1, 0.15) is 66.8 Å². The van der Waals surface area contributed by atoms with Crippen LogP contribution in [-0.4, -0.2) is 43.0 Å². The Morgan fingerprint density at radius 3 is 2.65 bits per heavy atom. The number of hydrogen-bond donors (Lipinski definition) is 1. The number of fused-ring (bicyclic) bond motifs is 1. The average molecular weight is 379 g/mol. The number of ether oxygens (including phenoxy) is 1. The molecule has 1 aromatic heterocycles. The van der Waals surface area contributed by atoms with Crippen molar-refractivity contribution in [1.82, 2.24) is 4.90 Å². The molecule has 144 valence electrons. The summed E-state index contributed by atoms with van der Waals surface area (Å²) in [5, 5.41) is 3.71. The molecule has 26 heavy (non-hydrogen) atoms. The lowest BCUT2D eigenvalue weighted by Gasteiger charge is -2.19. The lowest BCUT2D eigenvalue weighted by molar-refractivity contribution is -0.117. The van der Waals surface area contributed by atoms with Gasteiger partial charge in [0, 0.05) is 4.88 Å². The van der Waals surface area contributed by atoms with E-state index in [0.717, 1.165) is 50.8 Å². The number of amides is 1. The first-order chi connectivity index (χ1) is 12.6. The summed E-state index contributed by atoms with van der Waals surface area (Å²) in [7, 11) is 0. The van der Waals surface area contributed by atoms with Crippen molar-refractivity contribution in [2.75, 3.05) is 31.6 Å². The normalized spacial score (nSPS) is 20.9. The molecule has 1 unspecified atom stereocenters. The van der Waals surface area contributed by atoms with E-state index in [1.165, 1.54) is 17.7 Å². The van der Waals surface area contributed by atoms with E-state index >= 15 is 0 Å². The van der Waals surface area contributed by atoms with E-state index in [4.69, 9.17) is 4.74 Å². The van der Waals surface area contributed by atoms with Crippen molar-refractivity contribution in [3.8, 4) is 0 Å². The van der Waals surface area contributed by atoms with Gasteiger partial charge in [0.05, 0.1) is 18.7 Å². The predicted octanol–water partition coefficient (Wildman–Crippen LogP) is 3.86. The van der Waals surface area contributed by atoms with E-state index in [-0.39, 0.29) is 11.9 Å². The Hall–Kier alpha value is -1.40. The van der Waals surface area contributed by atoms with Gasteiger partial charge in [0.25, 0.3) is 0 Å². The molecule has 1 aromatic rings. The number of carbonyl (C=O) groups is 2. The minimum Gasteiger partial charge on any atom is -0.462 e. The van der Waals surface area contributed by atoms with Gasteiger partial charge in [-0.25, -0.2) is 4.79 Å². The highest BCUT2D eigenvalue weighted by Gasteiger charge is 2.29. The van der Waals surface area contributed by atoms with Crippen molar-refractivity contribution in [2.24, 2.45) is 5.92 Å². The number of rotatable bonds is 5. The standard InChI is InChI=1S/C20H30N2O3S/c1-3-25-20(24)18-15-9-8-14(2)12-16(15)26-19(18)21-17(23)13-22-10-6-4-5-7-11-22/h14H,3-13H2,1-2H3,(H,21,23). The van der Waals surface area contributed by atoms with Crippen LogP contribution in [0.4, 0.5) is 5.00 Å². The highest BCUT2D eigenvalue weighted by molar-refractivity contribution is 7.17. The monoisotopic (exact) mass is 378 g/mol. The molecule has 0 aromatic carbocycles. The zero-order valence-corrected chi connectivity index (χ0v) is 16.8. The number of esters is 1. The third kappa shape index (κ3) is 4.65. The lowest BCUT2D eigenvalue weighted by Crippen LogP contribution is -2.34. The Balaban J connectivity index is 1.75. The van der Waals surface area contributed by atoms with E-state index in [1.54, 1.807) is 11.3 Å². The summed E-state index contributed by atoms with van der Waals surface area (Å²) >= 11 is 1.56. The van der Waals surface area contributed by atoms with Crippen molar-refractivity contribution in [2.45, 2.75) is 58.8 Å². The number of anilines is 1. The third-order valence-electron chi connectivity index (χ3n) is 5.31. The molecule has 1 aliphatic heterocycles. The fourth-order valence-corrected chi connectivity index (χ4v) is 5.34.